The fourth-order valence-corrected chi connectivity index (χ4v) is 4.73. The van der Waals surface area contributed by atoms with Crippen molar-refractivity contribution in [1.29, 1.82) is 0 Å². The summed E-state index contributed by atoms with van der Waals surface area (Å²) in [4.78, 5) is 5.49. The number of hydrogen-bond donors (Lipinski definition) is 1. The zero-order valence-corrected chi connectivity index (χ0v) is 12.6. The van der Waals surface area contributed by atoms with Crippen molar-refractivity contribution in [1.82, 2.24) is 9.80 Å². The predicted molar refractivity (Wildman–Crippen MR) is 80.2 cm³/mol. The summed E-state index contributed by atoms with van der Waals surface area (Å²) in [6.07, 6.45) is 9.60. The van der Waals surface area contributed by atoms with E-state index in [0.717, 1.165) is 18.5 Å². The molecule has 0 aromatic rings. The van der Waals surface area contributed by atoms with Gasteiger partial charge < -0.3 is 10.6 Å². The zero-order valence-electron chi connectivity index (χ0n) is 12.6. The van der Waals surface area contributed by atoms with E-state index in [2.05, 4.69) is 16.7 Å². The van der Waals surface area contributed by atoms with Gasteiger partial charge in [0, 0.05) is 24.7 Å². The maximum atomic E-state index is 6.26. The minimum absolute atomic E-state index is 0.338. The smallest absolute Gasteiger partial charge is 0.0358 e. The molecule has 2 N–H and O–H groups in total. The molecule has 3 aliphatic heterocycles. The van der Waals surface area contributed by atoms with Gasteiger partial charge in [-0.3, -0.25) is 4.90 Å². The monoisotopic (exact) mass is 265 g/mol. The number of nitrogens with zero attached hydrogens (tertiary/aromatic N) is 2. The summed E-state index contributed by atoms with van der Waals surface area (Å²) in [5.41, 5.74) is 6.60. The van der Waals surface area contributed by atoms with Gasteiger partial charge in [0.1, 0.15) is 0 Å². The molecule has 3 nitrogen and oxygen atoms in total. The van der Waals surface area contributed by atoms with Crippen LogP contribution in [0, 0.1) is 5.92 Å². The number of nitrogens with two attached hydrogens (primary N) is 1. The molecule has 110 valence electrons. The second kappa shape index (κ2) is 5.71. The Morgan fingerprint density at radius 2 is 1.89 bits per heavy atom. The van der Waals surface area contributed by atoms with Gasteiger partial charge in [0.05, 0.1) is 0 Å². The summed E-state index contributed by atoms with van der Waals surface area (Å²) in [6.45, 7) is 8.42. The largest absolute Gasteiger partial charge is 0.329 e. The van der Waals surface area contributed by atoms with Crippen molar-refractivity contribution in [2.75, 3.05) is 32.7 Å². The van der Waals surface area contributed by atoms with Gasteiger partial charge in [-0.1, -0.05) is 13.3 Å². The van der Waals surface area contributed by atoms with Crippen LogP contribution in [0.15, 0.2) is 0 Å². The van der Waals surface area contributed by atoms with Crippen molar-refractivity contribution >= 4 is 0 Å². The Kier molecular flexibility index (Phi) is 4.16. The van der Waals surface area contributed by atoms with Crippen LogP contribution in [0.2, 0.25) is 0 Å². The molecule has 19 heavy (non-hydrogen) atoms. The van der Waals surface area contributed by atoms with Crippen LogP contribution in [0.3, 0.4) is 0 Å². The van der Waals surface area contributed by atoms with E-state index < -0.39 is 0 Å². The van der Waals surface area contributed by atoms with Crippen LogP contribution in [0.25, 0.3) is 0 Å². The van der Waals surface area contributed by atoms with Gasteiger partial charge in [-0.15, -0.1) is 0 Å². The van der Waals surface area contributed by atoms with E-state index in [1.807, 2.05) is 0 Å². The molecular weight excluding hydrogens is 234 g/mol. The summed E-state index contributed by atoms with van der Waals surface area (Å²) >= 11 is 0. The molecule has 3 aliphatic rings. The fraction of sp³-hybridized carbons (Fsp3) is 1.00. The molecule has 3 rings (SSSR count). The highest BCUT2D eigenvalue weighted by molar-refractivity contribution is 5.02. The first kappa shape index (κ1) is 13.8. The Bertz CT molecular complexity index is 298. The van der Waals surface area contributed by atoms with E-state index in [0.29, 0.717) is 5.54 Å². The van der Waals surface area contributed by atoms with Gasteiger partial charge in [-0.25, -0.2) is 0 Å². The quantitative estimate of drug-likeness (QED) is 0.848. The second-order valence-corrected chi connectivity index (χ2v) is 7.05. The van der Waals surface area contributed by atoms with Crippen molar-refractivity contribution in [3.8, 4) is 0 Å². The SMILES string of the molecule is CCC1CCN(C2(CN)CCN3CCCC3C2)CC1. The lowest BCUT2D eigenvalue weighted by Crippen LogP contribution is -2.62. The minimum Gasteiger partial charge on any atom is -0.329 e. The Labute approximate surface area is 118 Å². The van der Waals surface area contributed by atoms with Gasteiger partial charge in [-0.05, 0) is 64.1 Å². The maximum absolute atomic E-state index is 6.26. The highest BCUT2D eigenvalue weighted by atomic mass is 15.3. The number of rotatable bonds is 3. The normalized spacial score (nSPS) is 38.5. The molecular formula is C16H31N3. The Morgan fingerprint density at radius 1 is 1.11 bits per heavy atom. The summed E-state index contributed by atoms with van der Waals surface area (Å²) in [5.74, 6) is 0.970. The molecule has 3 heteroatoms. The third-order valence-electron chi connectivity index (χ3n) is 6.22. The third-order valence-corrected chi connectivity index (χ3v) is 6.22. The Morgan fingerprint density at radius 3 is 2.58 bits per heavy atom. The van der Waals surface area contributed by atoms with Crippen LogP contribution in [0.1, 0.15) is 51.9 Å². The number of piperidine rings is 2. The summed E-state index contributed by atoms with van der Waals surface area (Å²) < 4.78 is 0. The zero-order chi connectivity index (χ0) is 13.3. The standard InChI is InChI=1S/C16H31N3/c1-2-14-5-9-19(10-6-14)16(13-17)7-11-18-8-3-4-15(18)12-16/h14-15H,2-13,17H2,1H3. The first-order chi connectivity index (χ1) is 9.27. The van der Waals surface area contributed by atoms with Crippen molar-refractivity contribution in [2.45, 2.75) is 63.5 Å². The molecule has 0 aromatic carbocycles. The number of hydrogen-bond acceptors (Lipinski definition) is 3. The molecule has 0 amide bonds. The van der Waals surface area contributed by atoms with Gasteiger partial charge in [-0.2, -0.15) is 0 Å². The molecule has 0 spiro atoms. The van der Waals surface area contributed by atoms with Crippen LogP contribution in [-0.4, -0.2) is 54.1 Å². The summed E-state index contributed by atoms with van der Waals surface area (Å²) in [5, 5.41) is 0. The first-order valence-electron chi connectivity index (χ1n) is 8.46. The third kappa shape index (κ3) is 2.57. The van der Waals surface area contributed by atoms with E-state index in [-0.39, 0.29) is 0 Å². The molecule has 3 fully saturated rings. The molecule has 0 saturated carbocycles. The lowest BCUT2D eigenvalue weighted by atomic mass is 9.79. The van der Waals surface area contributed by atoms with E-state index in [1.54, 1.807) is 0 Å². The minimum atomic E-state index is 0.338. The van der Waals surface area contributed by atoms with Crippen LogP contribution < -0.4 is 5.73 Å². The van der Waals surface area contributed by atoms with Crippen molar-refractivity contribution in [2.24, 2.45) is 11.7 Å². The molecule has 2 unspecified atom stereocenters. The summed E-state index contributed by atoms with van der Waals surface area (Å²) in [7, 11) is 0. The van der Waals surface area contributed by atoms with E-state index in [1.165, 1.54) is 71.1 Å². The number of fused-ring (bicyclic) bond motifs is 1. The lowest BCUT2D eigenvalue weighted by Gasteiger charge is -2.52. The van der Waals surface area contributed by atoms with Crippen LogP contribution >= 0.6 is 0 Å². The van der Waals surface area contributed by atoms with E-state index in [9.17, 15) is 0 Å². The van der Waals surface area contributed by atoms with Crippen LogP contribution in [0.4, 0.5) is 0 Å². The van der Waals surface area contributed by atoms with Gasteiger partial charge >= 0.3 is 0 Å². The van der Waals surface area contributed by atoms with Gasteiger partial charge in [0.15, 0.2) is 0 Å². The molecule has 3 heterocycles. The second-order valence-electron chi connectivity index (χ2n) is 7.05. The highest BCUT2D eigenvalue weighted by Crippen LogP contribution is 2.38. The summed E-state index contributed by atoms with van der Waals surface area (Å²) in [6, 6.07) is 0.834. The topological polar surface area (TPSA) is 32.5 Å². The Hall–Kier alpha value is -0.120. The predicted octanol–water partition coefficient (Wildman–Crippen LogP) is 2.06. The molecule has 0 aliphatic carbocycles. The Balaban J connectivity index is 1.66. The average molecular weight is 265 g/mol. The lowest BCUT2D eigenvalue weighted by molar-refractivity contribution is -0.00943. The highest BCUT2D eigenvalue weighted by Gasteiger charge is 2.44. The molecule has 0 aromatic heterocycles. The van der Waals surface area contributed by atoms with Crippen molar-refractivity contribution in [3.63, 3.8) is 0 Å². The first-order valence-corrected chi connectivity index (χ1v) is 8.46. The van der Waals surface area contributed by atoms with Crippen molar-refractivity contribution < 1.29 is 0 Å². The van der Waals surface area contributed by atoms with Crippen LogP contribution in [0.5, 0.6) is 0 Å². The number of likely N-dealkylation sites (tertiary alicyclic amines) is 1. The molecule has 0 bridgehead atoms. The maximum Gasteiger partial charge on any atom is 0.0358 e. The van der Waals surface area contributed by atoms with Gasteiger partial charge in [0.25, 0.3) is 0 Å². The van der Waals surface area contributed by atoms with Gasteiger partial charge in [0.2, 0.25) is 0 Å². The van der Waals surface area contributed by atoms with Crippen molar-refractivity contribution in [3.05, 3.63) is 0 Å². The molecule has 0 radical (unpaired) electrons. The van der Waals surface area contributed by atoms with E-state index in [4.69, 9.17) is 5.73 Å². The van der Waals surface area contributed by atoms with E-state index >= 15 is 0 Å². The molecule has 2 atom stereocenters. The molecule has 3 saturated heterocycles. The van der Waals surface area contributed by atoms with Crippen LogP contribution in [-0.2, 0) is 0 Å². The average Bonchev–Trinajstić information content (AvgIpc) is 2.94. The fourth-order valence-electron chi connectivity index (χ4n) is 4.73.